The first-order chi connectivity index (χ1) is 7.65. The first kappa shape index (κ1) is 11.5. The van der Waals surface area contributed by atoms with Crippen LogP contribution in [-0.2, 0) is 12.8 Å². The van der Waals surface area contributed by atoms with E-state index in [0.717, 1.165) is 31.6 Å². The zero-order valence-electron chi connectivity index (χ0n) is 10.2. The van der Waals surface area contributed by atoms with Crippen molar-refractivity contribution >= 4 is 0 Å². The van der Waals surface area contributed by atoms with Crippen molar-refractivity contribution in [2.24, 2.45) is 11.7 Å². The van der Waals surface area contributed by atoms with Crippen molar-refractivity contribution in [3.63, 3.8) is 0 Å². The van der Waals surface area contributed by atoms with Gasteiger partial charge in [-0.25, -0.2) is 0 Å². The van der Waals surface area contributed by atoms with Gasteiger partial charge in [0, 0.05) is 12.5 Å². The summed E-state index contributed by atoms with van der Waals surface area (Å²) in [7, 11) is 0. The van der Waals surface area contributed by atoms with E-state index >= 15 is 0 Å². The molecule has 2 N–H and O–H groups in total. The fourth-order valence-corrected chi connectivity index (χ4v) is 2.36. The average molecular weight is 219 g/mol. The molecule has 1 aromatic rings. The fraction of sp³-hybridized carbons (Fsp3) is 0.571. The minimum absolute atomic E-state index is 0.278. The summed E-state index contributed by atoms with van der Waals surface area (Å²) < 4.78 is 5.49. The van der Waals surface area contributed by atoms with Crippen molar-refractivity contribution < 1.29 is 4.74 Å². The van der Waals surface area contributed by atoms with Gasteiger partial charge in [0.05, 0.1) is 6.61 Å². The molecule has 1 aliphatic heterocycles. The van der Waals surface area contributed by atoms with Crippen molar-refractivity contribution in [3.8, 4) is 5.75 Å². The molecule has 1 aromatic carbocycles. The Balaban J connectivity index is 1.99. The van der Waals surface area contributed by atoms with Crippen molar-refractivity contribution in [2.75, 3.05) is 6.61 Å². The van der Waals surface area contributed by atoms with Crippen LogP contribution in [0.2, 0.25) is 0 Å². The van der Waals surface area contributed by atoms with Crippen LogP contribution in [-0.4, -0.2) is 12.6 Å². The minimum Gasteiger partial charge on any atom is -0.493 e. The van der Waals surface area contributed by atoms with E-state index in [1.165, 1.54) is 11.1 Å². The number of benzene rings is 1. The normalized spacial score (nSPS) is 16.0. The van der Waals surface area contributed by atoms with Gasteiger partial charge in [-0.05, 0) is 36.0 Å². The summed E-state index contributed by atoms with van der Waals surface area (Å²) in [6, 6.07) is 6.76. The van der Waals surface area contributed by atoms with Crippen LogP contribution in [0.3, 0.4) is 0 Å². The molecule has 1 atom stereocenters. The van der Waals surface area contributed by atoms with Crippen molar-refractivity contribution in [2.45, 2.75) is 39.2 Å². The van der Waals surface area contributed by atoms with E-state index in [4.69, 9.17) is 10.5 Å². The molecule has 88 valence electrons. The van der Waals surface area contributed by atoms with Gasteiger partial charge in [0.25, 0.3) is 0 Å². The maximum Gasteiger partial charge on any atom is 0.122 e. The predicted molar refractivity (Wildman–Crippen MR) is 66.8 cm³/mol. The Morgan fingerprint density at radius 3 is 2.94 bits per heavy atom. The van der Waals surface area contributed by atoms with Gasteiger partial charge in [-0.3, -0.25) is 0 Å². The molecule has 0 spiro atoms. The maximum atomic E-state index is 6.12. The Labute approximate surface area is 97.8 Å². The molecule has 0 fully saturated rings. The molecule has 1 aliphatic rings. The Bertz CT molecular complexity index is 360. The molecule has 1 heterocycles. The lowest BCUT2D eigenvalue weighted by molar-refractivity contribution is 0.357. The molecule has 2 nitrogen and oxygen atoms in total. The van der Waals surface area contributed by atoms with Crippen LogP contribution in [0.1, 0.15) is 31.4 Å². The van der Waals surface area contributed by atoms with Crippen molar-refractivity contribution in [3.05, 3.63) is 29.3 Å². The summed E-state index contributed by atoms with van der Waals surface area (Å²) in [5.74, 6) is 1.73. The highest BCUT2D eigenvalue weighted by Gasteiger charge is 2.13. The SMILES string of the molecule is CC(C)CC(N)Cc1ccc2c(c1)CCO2. The van der Waals surface area contributed by atoms with E-state index < -0.39 is 0 Å². The first-order valence-electron chi connectivity index (χ1n) is 6.15. The number of nitrogens with two attached hydrogens (primary N) is 1. The lowest BCUT2D eigenvalue weighted by Gasteiger charge is -2.14. The predicted octanol–water partition coefficient (Wildman–Crippen LogP) is 2.54. The Kier molecular flexibility index (Phi) is 3.49. The Morgan fingerprint density at radius 2 is 2.19 bits per heavy atom. The lowest BCUT2D eigenvalue weighted by atomic mass is 9.97. The quantitative estimate of drug-likeness (QED) is 0.844. The second kappa shape index (κ2) is 4.88. The molecule has 0 bridgehead atoms. The van der Waals surface area contributed by atoms with Crippen LogP contribution in [0.25, 0.3) is 0 Å². The van der Waals surface area contributed by atoms with Gasteiger partial charge in [0.2, 0.25) is 0 Å². The minimum atomic E-state index is 0.278. The third kappa shape index (κ3) is 2.76. The number of rotatable bonds is 4. The molecule has 16 heavy (non-hydrogen) atoms. The van der Waals surface area contributed by atoms with E-state index in [1.807, 2.05) is 0 Å². The maximum absolute atomic E-state index is 6.12. The van der Waals surface area contributed by atoms with Gasteiger partial charge in [0.1, 0.15) is 5.75 Å². The van der Waals surface area contributed by atoms with Crippen molar-refractivity contribution in [1.29, 1.82) is 0 Å². The van der Waals surface area contributed by atoms with Gasteiger partial charge >= 0.3 is 0 Å². The third-order valence-electron chi connectivity index (χ3n) is 3.03. The number of ether oxygens (including phenoxy) is 1. The van der Waals surface area contributed by atoms with E-state index in [0.29, 0.717) is 5.92 Å². The number of fused-ring (bicyclic) bond motifs is 1. The second-order valence-corrected chi connectivity index (χ2v) is 5.13. The van der Waals surface area contributed by atoms with Crippen LogP contribution in [0, 0.1) is 5.92 Å². The van der Waals surface area contributed by atoms with Crippen LogP contribution < -0.4 is 10.5 Å². The second-order valence-electron chi connectivity index (χ2n) is 5.13. The summed E-state index contributed by atoms with van der Waals surface area (Å²) in [6.07, 6.45) is 3.11. The molecule has 2 rings (SSSR count). The summed E-state index contributed by atoms with van der Waals surface area (Å²) in [5.41, 5.74) is 8.81. The van der Waals surface area contributed by atoms with Gasteiger partial charge in [-0.15, -0.1) is 0 Å². The van der Waals surface area contributed by atoms with E-state index in [2.05, 4.69) is 32.0 Å². The molecule has 0 aliphatic carbocycles. The van der Waals surface area contributed by atoms with E-state index in [1.54, 1.807) is 0 Å². The summed E-state index contributed by atoms with van der Waals surface area (Å²) >= 11 is 0. The molecule has 1 unspecified atom stereocenters. The lowest BCUT2D eigenvalue weighted by Crippen LogP contribution is -2.24. The monoisotopic (exact) mass is 219 g/mol. The highest BCUT2D eigenvalue weighted by Crippen LogP contribution is 2.26. The van der Waals surface area contributed by atoms with Crippen LogP contribution >= 0.6 is 0 Å². The Morgan fingerprint density at radius 1 is 1.38 bits per heavy atom. The van der Waals surface area contributed by atoms with Crippen LogP contribution in [0.15, 0.2) is 18.2 Å². The highest BCUT2D eigenvalue weighted by atomic mass is 16.5. The summed E-state index contributed by atoms with van der Waals surface area (Å²) in [5, 5.41) is 0. The van der Waals surface area contributed by atoms with Gasteiger partial charge in [0.15, 0.2) is 0 Å². The first-order valence-corrected chi connectivity index (χ1v) is 6.15. The van der Waals surface area contributed by atoms with Gasteiger partial charge < -0.3 is 10.5 Å². The average Bonchev–Trinajstić information content (AvgIpc) is 2.63. The van der Waals surface area contributed by atoms with E-state index in [9.17, 15) is 0 Å². The van der Waals surface area contributed by atoms with Gasteiger partial charge in [-0.2, -0.15) is 0 Å². The fourth-order valence-electron chi connectivity index (χ4n) is 2.36. The van der Waals surface area contributed by atoms with E-state index in [-0.39, 0.29) is 6.04 Å². The highest BCUT2D eigenvalue weighted by molar-refractivity contribution is 5.40. The molecule has 0 amide bonds. The molecular weight excluding hydrogens is 198 g/mol. The zero-order chi connectivity index (χ0) is 11.5. The standard InChI is InChI=1S/C14H21NO/c1-10(2)7-13(15)9-11-3-4-14-12(8-11)5-6-16-14/h3-4,8,10,13H,5-7,9,15H2,1-2H3. The molecule has 2 heteroatoms. The molecular formula is C14H21NO. The smallest absolute Gasteiger partial charge is 0.122 e. The third-order valence-corrected chi connectivity index (χ3v) is 3.03. The van der Waals surface area contributed by atoms with Gasteiger partial charge in [-0.1, -0.05) is 26.0 Å². The topological polar surface area (TPSA) is 35.2 Å². The molecule has 0 saturated heterocycles. The zero-order valence-corrected chi connectivity index (χ0v) is 10.2. The van der Waals surface area contributed by atoms with Crippen LogP contribution in [0.4, 0.5) is 0 Å². The van der Waals surface area contributed by atoms with Crippen molar-refractivity contribution in [1.82, 2.24) is 0 Å². The summed E-state index contributed by atoms with van der Waals surface area (Å²) in [4.78, 5) is 0. The van der Waals surface area contributed by atoms with Crippen LogP contribution in [0.5, 0.6) is 5.75 Å². The Hall–Kier alpha value is -1.02. The molecule has 0 aromatic heterocycles. The largest absolute Gasteiger partial charge is 0.493 e. The number of hydrogen-bond acceptors (Lipinski definition) is 2. The molecule has 0 saturated carbocycles. The molecule has 0 radical (unpaired) electrons. The summed E-state index contributed by atoms with van der Waals surface area (Å²) in [6.45, 7) is 5.27. The number of hydrogen-bond donors (Lipinski definition) is 1.